The molecular weight excluding hydrogens is 391 g/mol. The first-order valence-electron chi connectivity index (χ1n) is 9.78. The summed E-state index contributed by atoms with van der Waals surface area (Å²) in [6, 6.07) is 14.3. The largest absolute Gasteiger partial charge is 0.336 e. The Bertz CT molecular complexity index is 991. The number of hydrogen-bond acceptors (Lipinski definition) is 3. The molecular formula is C22H22ClFN4O. The van der Waals surface area contributed by atoms with Gasteiger partial charge >= 0.3 is 0 Å². The molecule has 7 heteroatoms. The highest BCUT2D eigenvalue weighted by atomic mass is 35.5. The van der Waals surface area contributed by atoms with Gasteiger partial charge in [-0.15, -0.1) is 10.2 Å². The third-order valence-electron chi connectivity index (χ3n) is 5.39. The van der Waals surface area contributed by atoms with Gasteiger partial charge in [0.05, 0.1) is 12.1 Å². The number of halogens is 2. The van der Waals surface area contributed by atoms with E-state index in [1.165, 1.54) is 23.8 Å². The Labute approximate surface area is 174 Å². The first-order valence-corrected chi connectivity index (χ1v) is 10.2. The van der Waals surface area contributed by atoms with Crippen molar-refractivity contribution in [2.75, 3.05) is 6.54 Å². The standard InChI is InChI=1S/C22H22ClFN4O/c23-17-8-10-20(24)19(13-17)22(29)28-12-4-7-18(28)9-11-21-26-25-15-27(21)14-16-5-2-1-3-6-16/h1-3,5-6,8,10,13,15,18H,4,7,9,11-12,14H2. The van der Waals surface area contributed by atoms with Crippen LogP contribution < -0.4 is 0 Å². The molecule has 0 N–H and O–H groups in total. The molecule has 5 nitrogen and oxygen atoms in total. The first kappa shape index (κ1) is 19.6. The molecule has 29 heavy (non-hydrogen) atoms. The zero-order chi connectivity index (χ0) is 20.2. The van der Waals surface area contributed by atoms with Gasteiger partial charge in [0.1, 0.15) is 18.0 Å². The Kier molecular flexibility index (Phi) is 5.90. The highest BCUT2D eigenvalue weighted by molar-refractivity contribution is 6.31. The summed E-state index contributed by atoms with van der Waals surface area (Å²) >= 11 is 5.96. The van der Waals surface area contributed by atoms with Crippen LogP contribution in [0.2, 0.25) is 5.02 Å². The van der Waals surface area contributed by atoms with Crippen molar-refractivity contribution in [3.8, 4) is 0 Å². The summed E-state index contributed by atoms with van der Waals surface area (Å²) in [6.45, 7) is 1.34. The van der Waals surface area contributed by atoms with E-state index in [2.05, 4.69) is 22.3 Å². The van der Waals surface area contributed by atoms with Crippen molar-refractivity contribution in [3.05, 3.63) is 82.6 Å². The molecule has 1 aliphatic heterocycles. The monoisotopic (exact) mass is 412 g/mol. The maximum Gasteiger partial charge on any atom is 0.257 e. The molecule has 1 atom stereocenters. The van der Waals surface area contributed by atoms with Gasteiger partial charge in [-0.25, -0.2) is 4.39 Å². The van der Waals surface area contributed by atoms with Crippen molar-refractivity contribution >= 4 is 17.5 Å². The van der Waals surface area contributed by atoms with Crippen LogP contribution in [0.15, 0.2) is 54.9 Å². The van der Waals surface area contributed by atoms with E-state index in [-0.39, 0.29) is 17.5 Å². The quantitative estimate of drug-likeness (QED) is 0.604. The lowest BCUT2D eigenvalue weighted by Gasteiger charge is -2.25. The topological polar surface area (TPSA) is 51.0 Å². The second-order valence-corrected chi connectivity index (χ2v) is 7.75. The Morgan fingerprint density at radius 1 is 1.21 bits per heavy atom. The summed E-state index contributed by atoms with van der Waals surface area (Å²) in [5.41, 5.74) is 1.22. The molecule has 0 bridgehead atoms. The number of carbonyl (C=O) groups is 1. The van der Waals surface area contributed by atoms with Crippen molar-refractivity contribution in [1.82, 2.24) is 19.7 Å². The third kappa shape index (κ3) is 4.48. The van der Waals surface area contributed by atoms with Gasteiger partial charge in [0.15, 0.2) is 0 Å². The van der Waals surface area contributed by atoms with Crippen molar-refractivity contribution in [3.63, 3.8) is 0 Å². The molecule has 0 spiro atoms. The van der Waals surface area contributed by atoms with Crippen molar-refractivity contribution in [2.24, 2.45) is 0 Å². The van der Waals surface area contributed by atoms with E-state index in [1.807, 2.05) is 22.8 Å². The molecule has 0 saturated carbocycles. The average Bonchev–Trinajstić information content (AvgIpc) is 3.37. The fraction of sp³-hybridized carbons (Fsp3) is 0.318. The Morgan fingerprint density at radius 2 is 2.03 bits per heavy atom. The predicted molar refractivity (Wildman–Crippen MR) is 109 cm³/mol. The summed E-state index contributed by atoms with van der Waals surface area (Å²) in [5.74, 6) is 0.0630. The van der Waals surface area contributed by atoms with Crippen LogP contribution in [0.25, 0.3) is 0 Å². The molecule has 1 aromatic heterocycles. The number of carbonyl (C=O) groups excluding carboxylic acids is 1. The number of benzene rings is 2. The number of nitrogens with zero attached hydrogens (tertiary/aromatic N) is 4. The second kappa shape index (κ2) is 8.74. The fourth-order valence-corrected chi connectivity index (χ4v) is 4.07. The third-order valence-corrected chi connectivity index (χ3v) is 5.62. The second-order valence-electron chi connectivity index (χ2n) is 7.32. The number of likely N-dealkylation sites (tertiary alicyclic amines) is 1. The summed E-state index contributed by atoms with van der Waals surface area (Å²) in [5, 5.41) is 8.67. The average molecular weight is 413 g/mol. The predicted octanol–water partition coefficient (Wildman–Crippen LogP) is 4.36. The van der Waals surface area contributed by atoms with Crippen LogP contribution in [-0.2, 0) is 13.0 Å². The van der Waals surface area contributed by atoms with E-state index in [0.717, 1.165) is 25.1 Å². The minimum atomic E-state index is -0.535. The lowest BCUT2D eigenvalue weighted by molar-refractivity contribution is 0.0725. The summed E-state index contributed by atoms with van der Waals surface area (Å²) in [6.07, 6.45) is 5.03. The van der Waals surface area contributed by atoms with Gasteiger partial charge in [0.2, 0.25) is 0 Å². The van der Waals surface area contributed by atoms with E-state index in [1.54, 1.807) is 11.2 Å². The Balaban J connectivity index is 1.43. The minimum absolute atomic E-state index is 0.0386. The maximum absolute atomic E-state index is 14.1. The van der Waals surface area contributed by atoms with Crippen LogP contribution in [-0.4, -0.2) is 38.2 Å². The number of hydrogen-bond donors (Lipinski definition) is 0. The summed E-state index contributed by atoms with van der Waals surface area (Å²) in [7, 11) is 0. The van der Waals surface area contributed by atoms with Crippen LogP contribution in [0.4, 0.5) is 4.39 Å². The van der Waals surface area contributed by atoms with Crippen LogP contribution in [0, 0.1) is 5.82 Å². The van der Waals surface area contributed by atoms with Crippen LogP contribution in [0.3, 0.4) is 0 Å². The van der Waals surface area contributed by atoms with E-state index in [9.17, 15) is 9.18 Å². The SMILES string of the molecule is O=C(c1cc(Cl)ccc1F)N1CCCC1CCc1nncn1Cc1ccccc1. The van der Waals surface area contributed by atoms with E-state index < -0.39 is 5.82 Å². The van der Waals surface area contributed by atoms with Gasteiger partial charge in [-0.3, -0.25) is 4.79 Å². The van der Waals surface area contributed by atoms with Crippen LogP contribution in [0.5, 0.6) is 0 Å². The van der Waals surface area contributed by atoms with Crippen molar-refractivity contribution in [1.29, 1.82) is 0 Å². The van der Waals surface area contributed by atoms with E-state index in [4.69, 9.17) is 11.6 Å². The smallest absolute Gasteiger partial charge is 0.257 e. The van der Waals surface area contributed by atoms with Gasteiger partial charge in [0, 0.05) is 24.0 Å². The molecule has 1 amide bonds. The lowest BCUT2D eigenvalue weighted by Crippen LogP contribution is -2.36. The van der Waals surface area contributed by atoms with Crippen LogP contribution in [0.1, 0.15) is 41.0 Å². The molecule has 0 radical (unpaired) electrons. The van der Waals surface area contributed by atoms with E-state index in [0.29, 0.717) is 24.5 Å². The molecule has 1 fully saturated rings. The Hall–Kier alpha value is -2.73. The molecule has 1 unspecified atom stereocenters. The molecule has 1 saturated heterocycles. The molecule has 3 aromatic rings. The van der Waals surface area contributed by atoms with Gasteiger partial charge in [-0.1, -0.05) is 41.9 Å². The molecule has 2 aromatic carbocycles. The minimum Gasteiger partial charge on any atom is -0.336 e. The highest BCUT2D eigenvalue weighted by Gasteiger charge is 2.31. The normalized spacial score (nSPS) is 16.3. The van der Waals surface area contributed by atoms with E-state index >= 15 is 0 Å². The zero-order valence-corrected chi connectivity index (χ0v) is 16.7. The highest BCUT2D eigenvalue weighted by Crippen LogP contribution is 2.26. The lowest BCUT2D eigenvalue weighted by atomic mass is 10.1. The zero-order valence-electron chi connectivity index (χ0n) is 16.0. The molecule has 0 aliphatic carbocycles. The van der Waals surface area contributed by atoms with Crippen molar-refractivity contribution < 1.29 is 9.18 Å². The summed E-state index contributed by atoms with van der Waals surface area (Å²) in [4.78, 5) is 14.7. The maximum atomic E-state index is 14.1. The fourth-order valence-electron chi connectivity index (χ4n) is 3.90. The number of amides is 1. The van der Waals surface area contributed by atoms with Gasteiger partial charge in [-0.05, 0) is 43.0 Å². The van der Waals surface area contributed by atoms with Gasteiger partial charge < -0.3 is 9.47 Å². The first-order chi connectivity index (χ1) is 14.1. The Morgan fingerprint density at radius 3 is 2.86 bits per heavy atom. The molecule has 1 aliphatic rings. The summed E-state index contributed by atoms with van der Waals surface area (Å²) < 4.78 is 16.2. The van der Waals surface area contributed by atoms with Crippen LogP contribution >= 0.6 is 11.6 Å². The van der Waals surface area contributed by atoms with Crippen molar-refractivity contribution in [2.45, 2.75) is 38.3 Å². The molecule has 2 heterocycles. The number of rotatable bonds is 6. The molecule has 150 valence electrons. The molecule has 4 rings (SSSR count). The van der Waals surface area contributed by atoms with Gasteiger partial charge in [0.25, 0.3) is 5.91 Å². The number of aryl methyl sites for hydroxylation is 1. The van der Waals surface area contributed by atoms with Gasteiger partial charge in [-0.2, -0.15) is 0 Å². The number of aromatic nitrogens is 3.